The van der Waals surface area contributed by atoms with Crippen LogP contribution in [0.4, 0.5) is 0 Å². The van der Waals surface area contributed by atoms with Gasteiger partial charge in [-0.1, -0.05) is 12.1 Å². The number of carbonyl (C=O) groups is 1. The molecule has 0 aliphatic heterocycles. The minimum absolute atomic E-state index is 0.0342. The number of rotatable bonds is 7. The van der Waals surface area contributed by atoms with Crippen LogP contribution in [0.2, 0.25) is 0 Å². The molecule has 19 heavy (non-hydrogen) atoms. The summed E-state index contributed by atoms with van der Waals surface area (Å²) in [6, 6.07) is 7.73. The molecule has 1 aromatic carbocycles. The molecule has 0 aliphatic rings. The van der Waals surface area contributed by atoms with Gasteiger partial charge in [0.05, 0.1) is 16.6 Å². The third-order valence-corrected chi connectivity index (χ3v) is 3.67. The number of hydrogen-bond donors (Lipinski definition) is 0. The molecule has 1 heterocycles. The average Bonchev–Trinajstić information content (AvgIpc) is 2.83. The van der Waals surface area contributed by atoms with Crippen molar-refractivity contribution in [2.24, 2.45) is 0 Å². The second-order valence-corrected chi connectivity index (χ2v) is 4.98. The summed E-state index contributed by atoms with van der Waals surface area (Å²) in [4.78, 5) is 16.5. The Kier molecular flexibility index (Phi) is 5.01. The van der Waals surface area contributed by atoms with Crippen LogP contribution >= 0.6 is 11.3 Å². The molecular formula is C14H17NO3S. The van der Waals surface area contributed by atoms with Crippen molar-refractivity contribution in [3.05, 3.63) is 29.3 Å². The van der Waals surface area contributed by atoms with Gasteiger partial charge in [0, 0.05) is 13.2 Å². The van der Waals surface area contributed by atoms with Crippen LogP contribution in [0.3, 0.4) is 0 Å². The molecular weight excluding hydrogens is 262 g/mol. The van der Waals surface area contributed by atoms with Gasteiger partial charge in [-0.15, -0.1) is 11.3 Å². The molecule has 0 aliphatic carbocycles. The molecule has 0 bridgehead atoms. The number of nitrogens with zero attached hydrogens (tertiary/aromatic N) is 1. The maximum absolute atomic E-state index is 12.2. The van der Waals surface area contributed by atoms with Crippen molar-refractivity contribution in [2.45, 2.75) is 26.6 Å². The van der Waals surface area contributed by atoms with E-state index in [9.17, 15) is 4.79 Å². The summed E-state index contributed by atoms with van der Waals surface area (Å²) >= 11 is 1.41. The molecule has 0 spiro atoms. The van der Waals surface area contributed by atoms with Crippen LogP contribution in [-0.2, 0) is 9.47 Å². The first-order valence-electron chi connectivity index (χ1n) is 6.36. The molecule has 2 rings (SSSR count). The maximum Gasteiger partial charge on any atom is 0.196 e. The number of Topliss-reactive ketones (excluding diaryl/α,β-unsaturated/α-hetero) is 1. The third kappa shape index (κ3) is 3.59. The number of benzene rings is 1. The first-order chi connectivity index (χ1) is 9.24. The van der Waals surface area contributed by atoms with Crippen LogP contribution in [0.25, 0.3) is 10.2 Å². The lowest BCUT2D eigenvalue weighted by atomic mass is 10.3. The van der Waals surface area contributed by atoms with Gasteiger partial charge in [0.2, 0.25) is 0 Å². The number of hydrogen-bond acceptors (Lipinski definition) is 5. The SMILES string of the molecule is CCOC(CC(=O)c1nc2ccccc2s1)OCC. The summed E-state index contributed by atoms with van der Waals surface area (Å²) < 4.78 is 11.8. The Hall–Kier alpha value is -1.30. The highest BCUT2D eigenvalue weighted by atomic mass is 32.1. The van der Waals surface area contributed by atoms with E-state index in [-0.39, 0.29) is 12.2 Å². The molecule has 0 fully saturated rings. The Morgan fingerprint density at radius 3 is 2.58 bits per heavy atom. The van der Waals surface area contributed by atoms with Crippen molar-refractivity contribution in [2.75, 3.05) is 13.2 Å². The van der Waals surface area contributed by atoms with E-state index in [4.69, 9.17) is 9.47 Å². The fourth-order valence-electron chi connectivity index (χ4n) is 1.77. The van der Waals surface area contributed by atoms with Crippen molar-refractivity contribution >= 4 is 27.3 Å². The Balaban J connectivity index is 2.09. The lowest BCUT2D eigenvalue weighted by Gasteiger charge is -2.15. The zero-order valence-corrected chi connectivity index (χ0v) is 11.9. The van der Waals surface area contributed by atoms with Crippen LogP contribution in [0.1, 0.15) is 30.1 Å². The fourth-order valence-corrected chi connectivity index (χ4v) is 2.68. The Morgan fingerprint density at radius 2 is 1.95 bits per heavy atom. The molecule has 2 aromatic rings. The van der Waals surface area contributed by atoms with E-state index in [2.05, 4.69) is 4.98 Å². The molecule has 4 nitrogen and oxygen atoms in total. The molecule has 0 atom stereocenters. The highest BCUT2D eigenvalue weighted by Crippen LogP contribution is 2.23. The molecule has 0 N–H and O–H groups in total. The topological polar surface area (TPSA) is 48.4 Å². The first-order valence-corrected chi connectivity index (χ1v) is 7.18. The average molecular weight is 279 g/mol. The molecule has 0 saturated heterocycles. The minimum atomic E-state index is -0.477. The fraction of sp³-hybridized carbons (Fsp3) is 0.429. The molecule has 5 heteroatoms. The van der Waals surface area contributed by atoms with Gasteiger partial charge in [0.25, 0.3) is 0 Å². The summed E-state index contributed by atoms with van der Waals surface area (Å²) in [7, 11) is 0. The van der Waals surface area contributed by atoms with Crippen LogP contribution in [0, 0.1) is 0 Å². The number of ketones is 1. The van der Waals surface area contributed by atoms with E-state index >= 15 is 0 Å². The third-order valence-electron chi connectivity index (χ3n) is 2.59. The summed E-state index contributed by atoms with van der Waals surface area (Å²) in [6.07, 6.45) is -0.267. The van der Waals surface area contributed by atoms with Crippen LogP contribution in [0.5, 0.6) is 0 Å². The van der Waals surface area contributed by atoms with E-state index in [1.165, 1.54) is 11.3 Å². The summed E-state index contributed by atoms with van der Waals surface area (Å²) in [6.45, 7) is 4.82. The van der Waals surface area contributed by atoms with E-state index in [1.807, 2.05) is 38.1 Å². The predicted octanol–water partition coefficient (Wildman–Crippen LogP) is 3.27. The van der Waals surface area contributed by atoms with Crippen molar-refractivity contribution in [1.29, 1.82) is 0 Å². The molecule has 0 saturated carbocycles. The van der Waals surface area contributed by atoms with Crippen molar-refractivity contribution in [3.8, 4) is 0 Å². The number of aromatic nitrogens is 1. The monoisotopic (exact) mass is 279 g/mol. The minimum Gasteiger partial charge on any atom is -0.352 e. The zero-order valence-electron chi connectivity index (χ0n) is 11.1. The van der Waals surface area contributed by atoms with Crippen molar-refractivity contribution < 1.29 is 14.3 Å². The molecule has 0 unspecified atom stereocenters. The van der Waals surface area contributed by atoms with E-state index in [0.29, 0.717) is 18.2 Å². The number of para-hydroxylation sites is 1. The van der Waals surface area contributed by atoms with Gasteiger partial charge in [0.1, 0.15) is 0 Å². The lowest BCUT2D eigenvalue weighted by Crippen LogP contribution is -2.21. The number of thiazole rings is 1. The number of fused-ring (bicyclic) bond motifs is 1. The molecule has 1 aromatic heterocycles. The van der Waals surface area contributed by atoms with Gasteiger partial charge in [-0.25, -0.2) is 4.98 Å². The molecule has 0 amide bonds. The van der Waals surface area contributed by atoms with Crippen molar-refractivity contribution in [1.82, 2.24) is 4.98 Å². The highest BCUT2D eigenvalue weighted by Gasteiger charge is 2.18. The Bertz CT molecular complexity index is 513. The number of carbonyl (C=O) groups excluding carboxylic acids is 1. The Morgan fingerprint density at radius 1 is 1.26 bits per heavy atom. The normalized spacial score (nSPS) is 11.3. The first kappa shape index (κ1) is 14.1. The van der Waals surface area contributed by atoms with Crippen LogP contribution in [-0.4, -0.2) is 30.3 Å². The predicted molar refractivity (Wildman–Crippen MR) is 75.6 cm³/mol. The highest BCUT2D eigenvalue weighted by molar-refractivity contribution is 7.20. The Labute approximate surface area is 116 Å². The van der Waals surface area contributed by atoms with Gasteiger partial charge in [-0.3, -0.25) is 4.79 Å². The zero-order chi connectivity index (χ0) is 13.7. The second-order valence-electron chi connectivity index (χ2n) is 3.95. The van der Waals surface area contributed by atoms with E-state index in [1.54, 1.807) is 0 Å². The lowest BCUT2D eigenvalue weighted by molar-refractivity contribution is -0.133. The van der Waals surface area contributed by atoms with Gasteiger partial charge in [-0.05, 0) is 26.0 Å². The summed E-state index contributed by atoms with van der Waals surface area (Å²) in [5.74, 6) is -0.0342. The number of ether oxygens (including phenoxy) is 2. The second kappa shape index (κ2) is 6.75. The largest absolute Gasteiger partial charge is 0.352 e. The van der Waals surface area contributed by atoms with Gasteiger partial charge in [0.15, 0.2) is 17.1 Å². The van der Waals surface area contributed by atoms with E-state index in [0.717, 1.165) is 10.2 Å². The van der Waals surface area contributed by atoms with E-state index < -0.39 is 6.29 Å². The quantitative estimate of drug-likeness (QED) is 0.576. The van der Waals surface area contributed by atoms with Gasteiger partial charge < -0.3 is 9.47 Å². The van der Waals surface area contributed by atoms with Gasteiger partial charge >= 0.3 is 0 Å². The van der Waals surface area contributed by atoms with Crippen LogP contribution in [0.15, 0.2) is 24.3 Å². The summed E-state index contributed by atoms with van der Waals surface area (Å²) in [5, 5.41) is 0.519. The standard InChI is InChI=1S/C14H17NO3S/c1-3-17-13(18-4-2)9-11(16)14-15-10-7-5-6-8-12(10)19-14/h5-8,13H,3-4,9H2,1-2H3. The maximum atomic E-state index is 12.2. The molecule has 0 radical (unpaired) electrons. The van der Waals surface area contributed by atoms with Gasteiger partial charge in [-0.2, -0.15) is 0 Å². The smallest absolute Gasteiger partial charge is 0.196 e. The summed E-state index contributed by atoms with van der Waals surface area (Å²) in [5.41, 5.74) is 0.861. The van der Waals surface area contributed by atoms with Crippen molar-refractivity contribution in [3.63, 3.8) is 0 Å². The molecule has 102 valence electrons. The van der Waals surface area contributed by atoms with Crippen LogP contribution < -0.4 is 0 Å².